The lowest BCUT2D eigenvalue weighted by Crippen LogP contribution is -2.38. The number of para-hydroxylation sites is 1. The molecule has 0 aliphatic heterocycles. The normalized spacial score (nSPS) is 13.5. The number of hydrogen-bond acceptors (Lipinski definition) is 4. The van der Waals surface area contributed by atoms with E-state index < -0.39 is 10.0 Å². The first-order valence-electron chi connectivity index (χ1n) is 6.25. The van der Waals surface area contributed by atoms with E-state index >= 15 is 0 Å². The van der Waals surface area contributed by atoms with Gasteiger partial charge in [-0.05, 0) is 24.5 Å². The van der Waals surface area contributed by atoms with Gasteiger partial charge in [-0.3, -0.25) is 0 Å². The second-order valence-electron chi connectivity index (χ2n) is 4.89. The maximum Gasteiger partial charge on any atom is 0.244 e. The number of nitrogens with two attached hydrogens (primary N) is 1. The van der Waals surface area contributed by atoms with E-state index in [9.17, 15) is 8.42 Å². The first kappa shape index (κ1) is 15.9. The Morgan fingerprint density at radius 1 is 1.32 bits per heavy atom. The molecule has 0 bridgehead atoms. The van der Waals surface area contributed by atoms with E-state index in [4.69, 9.17) is 10.5 Å². The molecular formula is C13H22N2O3S. The number of nitrogens with one attached hydrogen (secondary N) is 1. The summed E-state index contributed by atoms with van der Waals surface area (Å²) < 4.78 is 31.9. The van der Waals surface area contributed by atoms with E-state index in [0.29, 0.717) is 11.7 Å². The van der Waals surface area contributed by atoms with Crippen molar-refractivity contribution in [1.29, 1.82) is 0 Å². The highest BCUT2D eigenvalue weighted by Gasteiger charge is 2.19. The van der Waals surface area contributed by atoms with Crippen LogP contribution >= 0.6 is 0 Å². The number of sulfonamides is 1. The second kappa shape index (κ2) is 6.88. The molecule has 1 unspecified atom stereocenters. The molecule has 0 amide bonds. The zero-order valence-electron chi connectivity index (χ0n) is 11.6. The fourth-order valence-corrected chi connectivity index (χ4v) is 3.09. The number of benzene rings is 1. The third-order valence-electron chi connectivity index (χ3n) is 2.67. The molecule has 0 aliphatic rings. The molecule has 0 aromatic heterocycles. The van der Waals surface area contributed by atoms with E-state index in [1.165, 1.54) is 13.2 Å². The SMILES string of the molecule is COc1ccccc1S(=O)(=O)NCC(N)CC(C)C. The lowest BCUT2D eigenvalue weighted by atomic mass is 10.1. The molecule has 3 N–H and O–H groups in total. The Morgan fingerprint density at radius 2 is 1.95 bits per heavy atom. The summed E-state index contributed by atoms with van der Waals surface area (Å²) in [5, 5.41) is 0. The second-order valence-corrected chi connectivity index (χ2v) is 6.63. The molecule has 0 fully saturated rings. The van der Waals surface area contributed by atoms with Crippen LogP contribution in [-0.4, -0.2) is 28.1 Å². The maximum absolute atomic E-state index is 12.2. The predicted octanol–water partition coefficient (Wildman–Crippen LogP) is 1.35. The average Bonchev–Trinajstić information content (AvgIpc) is 2.36. The van der Waals surface area contributed by atoms with Crippen LogP contribution in [0.5, 0.6) is 5.75 Å². The summed E-state index contributed by atoms with van der Waals surface area (Å²) >= 11 is 0. The Hall–Kier alpha value is -1.11. The molecule has 0 radical (unpaired) electrons. The van der Waals surface area contributed by atoms with Gasteiger partial charge in [0.1, 0.15) is 10.6 Å². The highest BCUT2D eigenvalue weighted by molar-refractivity contribution is 7.89. The van der Waals surface area contributed by atoms with Crippen molar-refractivity contribution >= 4 is 10.0 Å². The topological polar surface area (TPSA) is 81.4 Å². The van der Waals surface area contributed by atoms with Gasteiger partial charge in [0.25, 0.3) is 0 Å². The number of ether oxygens (including phenoxy) is 1. The predicted molar refractivity (Wildman–Crippen MR) is 75.6 cm³/mol. The quantitative estimate of drug-likeness (QED) is 0.792. The van der Waals surface area contributed by atoms with E-state index in [1.54, 1.807) is 18.2 Å². The van der Waals surface area contributed by atoms with Crippen molar-refractivity contribution in [3.8, 4) is 5.75 Å². The molecule has 0 heterocycles. The van der Waals surface area contributed by atoms with Crippen LogP contribution < -0.4 is 15.2 Å². The van der Waals surface area contributed by atoms with Gasteiger partial charge in [-0.25, -0.2) is 13.1 Å². The van der Waals surface area contributed by atoms with Crippen molar-refractivity contribution in [2.45, 2.75) is 31.2 Å². The van der Waals surface area contributed by atoms with Crippen molar-refractivity contribution in [2.75, 3.05) is 13.7 Å². The average molecular weight is 286 g/mol. The molecule has 19 heavy (non-hydrogen) atoms. The molecule has 1 rings (SSSR count). The van der Waals surface area contributed by atoms with Crippen molar-refractivity contribution in [3.05, 3.63) is 24.3 Å². The maximum atomic E-state index is 12.2. The highest BCUT2D eigenvalue weighted by atomic mass is 32.2. The first-order chi connectivity index (χ1) is 8.86. The Morgan fingerprint density at radius 3 is 2.53 bits per heavy atom. The van der Waals surface area contributed by atoms with Gasteiger partial charge < -0.3 is 10.5 Å². The van der Waals surface area contributed by atoms with Crippen molar-refractivity contribution < 1.29 is 13.2 Å². The summed E-state index contributed by atoms with van der Waals surface area (Å²) in [6.45, 7) is 4.32. The van der Waals surface area contributed by atoms with Crippen molar-refractivity contribution in [2.24, 2.45) is 11.7 Å². The molecular weight excluding hydrogens is 264 g/mol. The Balaban J connectivity index is 2.76. The Kier molecular flexibility index (Phi) is 5.78. The van der Waals surface area contributed by atoms with Crippen LogP contribution in [0.15, 0.2) is 29.2 Å². The van der Waals surface area contributed by atoms with Crippen LogP contribution in [0.2, 0.25) is 0 Å². The van der Waals surface area contributed by atoms with Crippen LogP contribution in [0.25, 0.3) is 0 Å². The largest absolute Gasteiger partial charge is 0.495 e. The minimum atomic E-state index is -3.59. The third kappa shape index (κ3) is 4.81. The lowest BCUT2D eigenvalue weighted by Gasteiger charge is -2.16. The lowest BCUT2D eigenvalue weighted by molar-refractivity contribution is 0.402. The minimum absolute atomic E-state index is 0.134. The molecule has 0 aliphatic carbocycles. The third-order valence-corrected chi connectivity index (χ3v) is 4.13. The molecule has 1 aromatic carbocycles. The molecule has 108 valence electrons. The fourth-order valence-electron chi connectivity index (χ4n) is 1.82. The van der Waals surface area contributed by atoms with Gasteiger partial charge >= 0.3 is 0 Å². The van der Waals surface area contributed by atoms with Crippen LogP contribution in [0.4, 0.5) is 0 Å². The highest BCUT2D eigenvalue weighted by Crippen LogP contribution is 2.22. The summed E-state index contributed by atoms with van der Waals surface area (Å²) in [5.74, 6) is 0.762. The summed E-state index contributed by atoms with van der Waals surface area (Å²) in [5.41, 5.74) is 5.87. The van der Waals surface area contributed by atoms with Gasteiger partial charge in [-0.2, -0.15) is 0 Å². The van der Waals surface area contributed by atoms with E-state index in [-0.39, 0.29) is 17.5 Å². The minimum Gasteiger partial charge on any atom is -0.495 e. The van der Waals surface area contributed by atoms with Crippen LogP contribution in [-0.2, 0) is 10.0 Å². The number of methoxy groups -OCH3 is 1. The van der Waals surface area contributed by atoms with Gasteiger partial charge in [-0.1, -0.05) is 26.0 Å². The smallest absolute Gasteiger partial charge is 0.244 e. The fraction of sp³-hybridized carbons (Fsp3) is 0.538. The van der Waals surface area contributed by atoms with Gasteiger partial charge in [-0.15, -0.1) is 0 Å². The molecule has 0 saturated carbocycles. The summed E-state index contributed by atoms with van der Waals surface area (Å²) in [6.07, 6.45) is 0.772. The van der Waals surface area contributed by atoms with Crippen molar-refractivity contribution in [1.82, 2.24) is 4.72 Å². The van der Waals surface area contributed by atoms with Crippen LogP contribution in [0, 0.1) is 5.92 Å². The van der Waals surface area contributed by atoms with E-state index in [2.05, 4.69) is 18.6 Å². The monoisotopic (exact) mass is 286 g/mol. The number of hydrogen-bond donors (Lipinski definition) is 2. The Bertz CT molecular complexity index is 500. The standard InChI is InChI=1S/C13H22N2O3S/c1-10(2)8-11(14)9-15-19(16,17)13-7-5-4-6-12(13)18-3/h4-7,10-11,15H,8-9,14H2,1-3H3. The molecule has 0 saturated heterocycles. The van der Waals surface area contributed by atoms with Gasteiger partial charge in [0.15, 0.2) is 0 Å². The molecule has 0 spiro atoms. The van der Waals surface area contributed by atoms with Gasteiger partial charge in [0, 0.05) is 12.6 Å². The van der Waals surface area contributed by atoms with E-state index in [0.717, 1.165) is 6.42 Å². The summed E-state index contributed by atoms with van der Waals surface area (Å²) in [6, 6.07) is 6.31. The van der Waals surface area contributed by atoms with Gasteiger partial charge in [0.2, 0.25) is 10.0 Å². The van der Waals surface area contributed by atoms with Crippen LogP contribution in [0.1, 0.15) is 20.3 Å². The number of rotatable bonds is 7. The van der Waals surface area contributed by atoms with Crippen molar-refractivity contribution in [3.63, 3.8) is 0 Å². The first-order valence-corrected chi connectivity index (χ1v) is 7.73. The van der Waals surface area contributed by atoms with E-state index in [1.807, 2.05) is 0 Å². The summed E-state index contributed by atoms with van der Waals surface area (Å²) in [7, 11) is -2.15. The van der Waals surface area contributed by atoms with Gasteiger partial charge in [0.05, 0.1) is 7.11 Å². The molecule has 1 aromatic rings. The zero-order valence-corrected chi connectivity index (χ0v) is 12.4. The molecule has 5 nitrogen and oxygen atoms in total. The van der Waals surface area contributed by atoms with Crippen LogP contribution in [0.3, 0.4) is 0 Å². The molecule has 6 heteroatoms. The Labute approximate surface area is 115 Å². The molecule has 1 atom stereocenters. The zero-order chi connectivity index (χ0) is 14.5. The summed E-state index contributed by atoms with van der Waals surface area (Å²) in [4.78, 5) is 0.134.